The molecule has 0 aliphatic rings. The van der Waals surface area contributed by atoms with Crippen LogP contribution in [0, 0.1) is 5.41 Å². The summed E-state index contributed by atoms with van der Waals surface area (Å²) >= 11 is 1.32. The molecule has 0 bridgehead atoms. The van der Waals surface area contributed by atoms with Gasteiger partial charge in [0.1, 0.15) is 0 Å². The second kappa shape index (κ2) is 4.98. The SMILES string of the molecule is N=CCSCO. The van der Waals surface area contributed by atoms with Crippen molar-refractivity contribution < 1.29 is 5.11 Å². The van der Waals surface area contributed by atoms with Crippen LogP contribution in [0.15, 0.2) is 0 Å². The molecule has 0 saturated carbocycles. The number of aliphatic hydroxyl groups is 1. The minimum absolute atomic E-state index is 0.120. The lowest BCUT2D eigenvalue weighted by atomic mass is 10.9. The summed E-state index contributed by atoms with van der Waals surface area (Å²) in [7, 11) is 0. The molecular formula is C3H7NOS. The van der Waals surface area contributed by atoms with E-state index in [0.29, 0.717) is 5.75 Å². The molecule has 6 heavy (non-hydrogen) atoms. The molecule has 0 aliphatic carbocycles. The van der Waals surface area contributed by atoms with Gasteiger partial charge in [-0.2, -0.15) is 0 Å². The highest BCUT2D eigenvalue weighted by atomic mass is 32.2. The van der Waals surface area contributed by atoms with E-state index in [4.69, 9.17) is 10.5 Å². The van der Waals surface area contributed by atoms with E-state index in [0.717, 1.165) is 0 Å². The van der Waals surface area contributed by atoms with Gasteiger partial charge >= 0.3 is 0 Å². The molecule has 0 aliphatic heterocycles. The maximum absolute atomic E-state index is 8.06. The standard InChI is InChI=1S/C3H7NOS/c4-1-2-6-3-5/h1,4-5H,2-3H2. The van der Waals surface area contributed by atoms with Gasteiger partial charge in [-0.15, -0.1) is 11.8 Å². The fourth-order valence-corrected chi connectivity index (χ4v) is 0.335. The third-order valence-corrected chi connectivity index (χ3v) is 0.877. The second-order valence-electron chi connectivity index (χ2n) is 0.704. The van der Waals surface area contributed by atoms with Crippen LogP contribution in [-0.2, 0) is 0 Å². The van der Waals surface area contributed by atoms with E-state index in [1.54, 1.807) is 0 Å². The summed E-state index contributed by atoms with van der Waals surface area (Å²) in [6.45, 7) is 0. The fraction of sp³-hybridized carbons (Fsp3) is 0.667. The largest absolute Gasteiger partial charge is 0.386 e. The molecule has 0 amide bonds. The predicted octanol–water partition coefficient (Wildman–Crippen LogP) is 0.319. The first-order chi connectivity index (χ1) is 2.91. The first-order valence-corrected chi connectivity index (χ1v) is 2.75. The molecule has 0 radical (unpaired) electrons. The van der Waals surface area contributed by atoms with E-state index in [2.05, 4.69) is 0 Å². The van der Waals surface area contributed by atoms with Crippen LogP contribution in [-0.4, -0.2) is 23.0 Å². The third-order valence-electron chi connectivity index (χ3n) is 0.292. The van der Waals surface area contributed by atoms with Gasteiger partial charge in [0, 0.05) is 12.0 Å². The van der Waals surface area contributed by atoms with Crippen molar-refractivity contribution in [3.05, 3.63) is 0 Å². The van der Waals surface area contributed by atoms with Gasteiger partial charge in [-0.3, -0.25) is 0 Å². The van der Waals surface area contributed by atoms with Crippen molar-refractivity contribution in [1.82, 2.24) is 0 Å². The van der Waals surface area contributed by atoms with Gasteiger partial charge in [0.05, 0.1) is 5.94 Å². The van der Waals surface area contributed by atoms with Gasteiger partial charge in [0.15, 0.2) is 0 Å². The van der Waals surface area contributed by atoms with Gasteiger partial charge in [0.2, 0.25) is 0 Å². The lowest BCUT2D eigenvalue weighted by Gasteiger charge is -1.81. The maximum atomic E-state index is 8.06. The van der Waals surface area contributed by atoms with Crippen molar-refractivity contribution in [1.29, 1.82) is 5.41 Å². The van der Waals surface area contributed by atoms with Crippen LogP contribution in [0.1, 0.15) is 0 Å². The van der Waals surface area contributed by atoms with Crippen molar-refractivity contribution in [2.45, 2.75) is 0 Å². The zero-order valence-corrected chi connectivity index (χ0v) is 4.16. The molecule has 0 aromatic rings. The molecule has 0 aromatic carbocycles. The van der Waals surface area contributed by atoms with E-state index < -0.39 is 0 Å². The van der Waals surface area contributed by atoms with E-state index in [1.165, 1.54) is 18.0 Å². The minimum Gasteiger partial charge on any atom is -0.386 e. The van der Waals surface area contributed by atoms with Gasteiger partial charge in [-0.05, 0) is 0 Å². The molecule has 2 nitrogen and oxygen atoms in total. The van der Waals surface area contributed by atoms with Crippen LogP contribution in [0.25, 0.3) is 0 Å². The van der Waals surface area contributed by atoms with Crippen LogP contribution in [0.5, 0.6) is 0 Å². The van der Waals surface area contributed by atoms with Crippen LogP contribution in [0.3, 0.4) is 0 Å². The monoisotopic (exact) mass is 105 g/mol. The highest BCUT2D eigenvalue weighted by Gasteiger charge is 1.72. The Morgan fingerprint density at radius 2 is 2.50 bits per heavy atom. The van der Waals surface area contributed by atoms with Crippen molar-refractivity contribution >= 4 is 18.0 Å². The highest BCUT2D eigenvalue weighted by molar-refractivity contribution is 7.99. The molecule has 0 rings (SSSR count). The quantitative estimate of drug-likeness (QED) is 0.308. The summed E-state index contributed by atoms with van der Waals surface area (Å²) in [4.78, 5) is 0. The Bertz CT molecular complexity index is 39.8. The average Bonchev–Trinajstić information content (AvgIpc) is 1.61. The van der Waals surface area contributed by atoms with Crippen molar-refractivity contribution in [2.75, 3.05) is 11.7 Å². The van der Waals surface area contributed by atoms with Crippen LogP contribution >= 0.6 is 11.8 Å². The lowest BCUT2D eigenvalue weighted by Crippen LogP contribution is -1.78. The Labute approximate surface area is 41.1 Å². The summed E-state index contributed by atoms with van der Waals surface area (Å²) in [6, 6.07) is 0. The molecule has 3 heteroatoms. The molecule has 0 unspecified atom stereocenters. The van der Waals surface area contributed by atoms with Crippen LogP contribution in [0.4, 0.5) is 0 Å². The molecule has 2 N–H and O–H groups in total. The summed E-state index contributed by atoms with van der Waals surface area (Å²) < 4.78 is 0. The number of aliphatic hydroxyl groups excluding tert-OH is 1. The van der Waals surface area contributed by atoms with E-state index >= 15 is 0 Å². The Balaban J connectivity index is 2.49. The number of hydrogen-bond acceptors (Lipinski definition) is 3. The Morgan fingerprint density at radius 1 is 1.83 bits per heavy atom. The highest BCUT2D eigenvalue weighted by Crippen LogP contribution is 1.90. The van der Waals surface area contributed by atoms with Gasteiger partial charge in [-0.1, -0.05) is 0 Å². The van der Waals surface area contributed by atoms with Crippen LogP contribution < -0.4 is 0 Å². The molecule has 0 saturated heterocycles. The topological polar surface area (TPSA) is 44.1 Å². The molecule has 0 spiro atoms. The average molecular weight is 105 g/mol. The zero-order valence-electron chi connectivity index (χ0n) is 3.35. The minimum atomic E-state index is 0.120. The Kier molecular flexibility index (Phi) is 4.96. The molecule has 0 aromatic heterocycles. The Hall–Kier alpha value is -0.0200. The van der Waals surface area contributed by atoms with Crippen molar-refractivity contribution in [3.8, 4) is 0 Å². The third kappa shape index (κ3) is 3.98. The molecule has 0 atom stereocenters. The van der Waals surface area contributed by atoms with Crippen molar-refractivity contribution in [3.63, 3.8) is 0 Å². The maximum Gasteiger partial charge on any atom is 0.0889 e. The van der Waals surface area contributed by atoms with E-state index in [1.807, 2.05) is 0 Å². The predicted molar refractivity (Wildman–Crippen MR) is 28.3 cm³/mol. The lowest BCUT2D eigenvalue weighted by molar-refractivity contribution is 0.375. The summed E-state index contributed by atoms with van der Waals surface area (Å²) in [5, 5.41) is 14.5. The molecule has 0 heterocycles. The molecule has 36 valence electrons. The van der Waals surface area contributed by atoms with E-state index in [9.17, 15) is 0 Å². The normalized spacial score (nSPS) is 8.17. The smallest absolute Gasteiger partial charge is 0.0889 e. The summed E-state index contributed by atoms with van der Waals surface area (Å²) in [6.07, 6.45) is 1.26. The first-order valence-electron chi connectivity index (χ1n) is 1.59. The molecule has 0 fully saturated rings. The van der Waals surface area contributed by atoms with Crippen LogP contribution in [0.2, 0.25) is 0 Å². The van der Waals surface area contributed by atoms with Gasteiger partial charge in [0.25, 0.3) is 0 Å². The fourth-order valence-electron chi connectivity index (χ4n) is 0.112. The van der Waals surface area contributed by atoms with Gasteiger partial charge < -0.3 is 10.5 Å². The zero-order chi connectivity index (χ0) is 4.83. The number of thioether (sulfide) groups is 1. The summed E-state index contributed by atoms with van der Waals surface area (Å²) in [5.41, 5.74) is 0. The Morgan fingerprint density at radius 3 is 2.67 bits per heavy atom. The number of hydrogen-bond donors (Lipinski definition) is 2. The first kappa shape index (κ1) is 5.98. The summed E-state index contributed by atoms with van der Waals surface area (Å²) in [5.74, 6) is 0.742. The van der Waals surface area contributed by atoms with Crippen molar-refractivity contribution in [2.24, 2.45) is 0 Å². The second-order valence-corrected chi connectivity index (χ2v) is 1.70. The van der Waals surface area contributed by atoms with E-state index in [-0.39, 0.29) is 5.94 Å². The number of rotatable bonds is 3. The number of nitrogens with one attached hydrogen (secondary N) is 1. The van der Waals surface area contributed by atoms with Gasteiger partial charge in [-0.25, -0.2) is 0 Å². The molecular weight excluding hydrogens is 98.1 g/mol.